The highest BCUT2D eigenvalue weighted by atomic mass is 79.9. The van der Waals surface area contributed by atoms with Crippen molar-refractivity contribution in [2.24, 2.45) is 0 Å². The topological polar surface area (TPSA) is 50.2 Å². The molecule has 11 heavy (non-hydrogen) atoms. The van der Waals surface area contributed by atoms with Gasteiger partial charge in [-0.25, -0.2) is 4.52 Å². The van der Waals surface area contributed by atoms with Crippen molar-refractivity contribution >= 4 is 21.4 Å². The van der Waals surface area contributed by atoms with E-state index in [2.05, 4.69) is 26.0 Å². The Morgan fingerprint density at radius 1 is 1.64 bits per heavy atom. The number of hydrogen-bond acceptors (Lipinski definition) is 2. The summed E-state index contributed by atoms with van der Waals surface area (Å²) in [6.07, 6.45) is 3.14. The summed E-state index contributed by atoms with van der Waals surface area (Å²) < 4.78 is 2.26. The largest absolute Gasteiger partial charge is 0.325 e. The average molecular weight is 214 g/mol. The molecule has 2 rings (SSSR count). The van der Waals surface area contributed by atoms with Crippen LogP contribution in [-0.2, 0) is 0 Å². The lowest BCUT2D eigenvalue weighted by molar-refractivity contribution is 0.909. The number of H-pyrrole nitrogens is 1. The van der Waals surface area contributed by atoms with Crippen molar-refractivity contribution in [1.82, 2.24) is 14.6 Å². The van der Waals surface area contributed by atoms with Gasteiger partial charge in [0, 0.05) is 6.20 Å². The molecular weight excluding hydrogens is 210 g/mol. The SMILES string of the molecule is O=c1[nH]cc(Br)n2nccc12. The highest BCUT2D eigenvalue weighted by molar-refractivity contribution is 9.10. The lowest BCUT2D eigenvalue weighted by atomic mass is 10.5. The summed E-state index contributed by atoms with van der Waals surface area (Å²) in [6, 6.07) is 1.66. The van der Waals surface area contributed by atoms with E-state index < -0.39 is 0 Å². The zero-order valence-electron chi connectivity index (χ0n) is 5.41. The summed E-state index contributed by atoms with van der Waals surface area (Å²) in [5.41, 5.74) is 0.407. The summed E-state index contributed by atoms with van der Waals surface area (Å²) >= 11 is 3.24. The zero-order valence-corrected chi connectivity index (χ0v) is 7.00. The number of rotatable bonds is 0. The van der Waals surface area contributed by atoms with E-state index in [1.54, 1.807) is 18.5 Å². The van der Waals surface area contributed by atoms with Gasteiger partial charge in [-0.1, -0.05) is 0 Å². The van der Waals surface area contributed by atoms with Gasteiger partial charge in [0.15, 0.2) is 0 Å². The predicted molar refractivity (Wildman–Crippen MR) is 43.5 cm³/mol. The first-order chi connectivity index (χ1) is 5.29. The van der Waals surface area contributed by atoms with Crippen LogP contribution >= 0.6 is 15.9 Å². The lowest BCUT2D eigenvalue weighted by Crippen LogP contribution is -2.09. The third-order valence-electron chi connectivity index (χ3n) is 1.40. The fourth-order valence-corrected chi connectivity index (χ4v) is 1.30. The second kappa shape index (κ2) is 2.20. The highest BCUT2D eigenvalue weighted by Crippen LogP contribution is 2.06. The summed E-state index contributed by atoms with van der Waals surface area (Å²) in [6.45, 7) is 0. The molecule has 1 N–H and O–H groups in total. The van der Waals surface area contributed by atoms with Gasteiger partial charge >= 0.3 is 0 Å². The molecule has 0 saturated carbocycles. The van der Waals surface area contributed by atoms with Crippen LogP contribution in [0.3, 0.4) is 0 Å². The molecule has 2 aromatic heterocycles. The number of nitrogens with zero attached hydrogens (tertiary/aromatic N) is 2. The number of aromatic amines is 1. The van der Waals surface area contributed by atoms with E-state index in [1.165, 1.54) is 4.52 Å². The van der Waals surface area contributed by atoms with Gasteiger partial charge in [-0.3, -0.25) is 4.79 Å². The van der Waals surface area contributed by atoms with Crippen molar-refractivity contribution in [2.75, 3.05) is 0 Å². The molecule has 0 bridgehead atoms. The first kappa shape index (κ1) is 6.60. The Balaban J connectivity index is 3.08. The minimum Gasteiger partial charge on any atom is -0.325 e. The maximum Gasteiger partial charge on any atom is 0.274 e. The van der Waals surface area contributed by atoms with Crippen LogP contribution < -0.4 is 5.56 Å². The predicted octanol–water partition coefficient (Wildman–Crippen LogP) is 0.785. The molecule has 4 nitrogen and oxygen atoms in total. The third-order valence-corrected chi connectivity index (χ3v) is 1.96. The molecule has 0 unspecified atom stereocenters. The van der Waals surface area contributed by atoms with E-state index in [0.29, 0.717) is 5.52 Å². The van der Waals surface area contributed by atoms with Crippen LogP contribution in [0.15, 0.2) is 27.9 Å². The number of nitrogens with one attached hydrogen (secondary N) is 1. The van der Waals surface area contributed by atoms with Crippen molar-refractivity contribution in [3.63, 3.8) is 0 Å². The van der Waals surface area contributed by atoms with E-state index in [1.807, 2.05) is 0 Å². The van der Waals surface area contributed by atoms with Gasteiger partial charge in [0.2, 0.25) is 0 Å². The molecule has 0 spiro atoms. The minimum atomic E-state index is -0.134. The summed E-state index contributed by atoms with van der Waals surface area (Å²) in [7, 11) is 0. The molecule has 2 heterocycles. The Morgan fingerprint density at radius 2 is 2.45 bits per heavy atom. The molecule has 0 saturated heterocycles. The summed E-state index contributed by atoms with van der Waals surface area (Å²) in [5, 5.41) is 3.93. The maximum atomic E-state index is 11.1. The Hall–Kier alpha value is -1.10. The van der Waals surface area contributed by atoms with Crippen LogP contribution in [0.2, 0.25) is 0 Å². The van der Waals surface area contributed by atoms with Gasteiger partial charge < -0.3 is 4.98 Å². The number of aromatic nitrogens is 3. The van der Waals surface area contributed by atoms with E-state index in [4.69, 9.17) is 0 Å². The molecule has 0 aromatic carbocycles. The summed E-state index contributed by atoms with van der Waals surface area (Å²) in [4.78, 5) is 13.6. The molecule has 0 aliphatic rings. The van der Waals surface area contributed by atoms with Crippen molar-refractivity contribution in [2.45, 2.75) is 0 Å². The van der Waals surface area contributed by atoms with Crippen LogP contribution in [0, 0.1) is 0 Å². The first-order valence-electron chi connectivity index (χ1n) is 3.00. The van der Waals surface area contributed by atoms with Gasteiger partial charge in [-0.05, 0) is 22.0 Å². The monoisotopic (exact) mass is 213 g/mol. The Labute approximate surface area is 70.0 Å². The van der Waals surface area contributed by atoms with Crippen LogP contribution in [0.1, 0.15) is 0 Å². The van der Waals surface area contributed by atoms with Crippen LogP contribution in [-0.4, -0.2) is 14.6 Å². The number of fused-ring (bicyclic) bond motifs is 1. The van der Waals surface area contributed by atoms with Crippen LogP contribution in [0.5, 0.6) is 0 Å². The smallest absolute Gasteiger partial charge is 0.274 e. The molecule has 0 aliphatic heterocycles. The molecule has 56 valence electrons. The van der Waals surface area contributed by atoms with E-state index in [0.717, 1.165) is 4.60 Å². The normalized spacial score (nSPS) is 10.6. The maximum absolute atomic E-state index is 11.1. The third kappa shape index (κ3) is 0.883. The van der Waals surface area contributed by atoms with Crippen molar-refractivity contribution < 1.29 is 0 Å². The fourth-order valence-electron chi connectivity index (χ4n) is 0.906. The van der Waals surface area contributed by atoms with Gasteiger partial charge in [0.05, 0.1) is 6.20 Å². The van der Waals surface area contributed by atoms with E-state index in [9.17, 15) is 4.79 Å². The quantitative estimate of drug-likeness (QED) is 0.704. The summed E-state index contributed by atoms with van der Waals surface area (Å²) in [5.74, 6) is 0. The van der Waals surface area contributed by atoms with E-state index in [-0.39, 0.29) is 5.56 Å². The number of hydrogen-bond donors (Lipinski definition) is 1. The Morgan fingerprint density at radius 3 is 3.18 bits per heavy atom. The standard InChI is InChI=1S/C6H4BrN3O/c7-5-3-8-6(11)4-1-2-9-10(4)5/h1-3H,(H,8,11). The first-order valence-corrected chi connectivity index (χ1v) is 3.79. The van der Waals surface area contributed by atoms with Crippen molar-refractivity contribution in [3.05, 3.63) is 33.4 Å². The highest BCUT2D eigenvalue weighted by Gasteiger charge is 2.00. The zero-order chi connectivity index (χ0) is 7.84. The van der Waals surface area contributed by atoms with Gasteiger partial charge in [-0.15, -0.1) is 0 Å². The van der Waals surface area contributed by atoms with E-state index >= 15 is 0 Å². The van der Waals surface area contributed by atoms with Gasteiger partial charge in [0.1, 0.15) is 10.1 Å². The second-order valence-electron chi connectivity index (χ2n) is 2.07. The fraction of sp³-hybridized carbons (Fsp3) is 0. The molecule has 5 heteroatoms. The van der Waals surface area contributed by atoms with Gasteiger partial charge in [-0.2, -0.15) is 5.10 Å². The Bertz CT molecular complexity index is 444. The lowest BCUT2D eigenvalue weighted by Gasteiger charge is -1.93. The van der Waals surface area contributed by atoms with Gasteiger partial charge in [0.25, 0.3) is 5.56 Å². The Kier molecular flexibility index (Phi) is 1.32. The minimum absolute atomic E-state index is 0.134. The second-order valence-corrected chi connectivity index (χ2v) is 2.88. The number of halogens is 1. The van der Waals surface area contributed by atoms with Crippen LogP contribution in [0.25, 0.3) is 5.52 Å². The molecule has 0 amide bonds. The van der Waals surface area contributed by atoms with Crippen molar-refractivity contribution in [1.29, 1.82) is 0 Å². The molecule has 2 aromatic rings. The average Bonchev–Trinajstić information content (AvgIpc) is 2.45. The van der Waals surface area contributed by atoms with Crippen molar-refractivity contribution in [3.8, 4) is 0 Å². The molecule has 0 aliphatic carbocycles. The molecular formula is C6H4BrN3O. The molecule has 0 radical (unpaired) electrons. The van der Waals surface area contributed by atoms with Crippen LogP contribution in [0.4, 0.5) is 0 Å². The molecule has 0 atom stereocenters. The molecule has 0 fully saturated rings.